The minimum atomic E-state index is 0. The maximum absolute atomic E-state index is 3.91. The molecule has 0 N–H and O–H groups in total. The van der Waals surface area contributed by atoms with E-state index in [1.807, 2.05) is 33.8 Å². The average molecular weight is 153 g/mol. The van der Waals surface area contributed by atoms with Crippen LogP contribution in [0.4, 0.5) is 0 Å². The normalized spacial score (nSPS) is 7.11. The Labute approximate surface area is 102 Å². The summed E-state index contributed by atoms with van der Waals surface area (Å²) in [7, 11) is 0. The van der Waals surface area contributed by atoms with E-state index in [2.05, 4.69) is 5.32 Å². The summed E-state index contributed by atoms with van der Waals surface area (Å²) in [4.78, 5) is 0. The molecule has 0 aliphatic rings. The molecule has 0 heterocycles. The van der Waals surface area contributed by atoms with Gasteiger partial charge in [-0.25, -0.2) is 0 Å². The summed E-state index contributed by atoms with van der Waals surface area (Å²) >= 11 is 0. The molecule has 0 aliphatic heterocycles. The summed E-state index contributed by atoms with van der Waals surface area (Å²) in [6.45, 7) is 8.86. The van der Waals surface area contributed by atoms with Crippen molar-refractivity contribution in [1.82, 2.24) is 0 Å². The summed E-state index contributed by atoms with van der Waals surface area (Å²) in [6, 6.07) is 0. The molecule has 0 spiro atoms. The molecular weight excluding hydrogens is 137 g/mol. The van der Waals surface area contributed by atoms with E-state index in [9.17, 15) is 0 Å². The van der Waals surface area contributed by atoms with E-state index in [0.717, 1.165) is 6.54 Å². The van der Waals surface area contributed by atoms with Gasteiger partial charge < -0.3 is 5.32 Å². The third kappa shape index (κ3) is 27.1. The van der Waals surface area contributed by atoms with Gasteiger partial charge in [0, 0.05) is 0 Å². The summed E-state index contributed by atoms with van der Waals surface area (Å²) in [6.07, 6.45) is 3.73. The van der Waals surface area contributed by atoms with Crippen molar-refractivity contribution in [2.45, 2.75) is 27.7 Å². The van der Waals surface area contributed by atoms with Crippen molar-refractivity contribution in [3.05, 3.63) is 17.6 Å². The van der Waals surface area contributed by atoms with Crippen molar-refractivity contribution in [2.24, 2.45) is 0 Å². The first kappa shape index (κ1) is 16.6. The predicted octanol–water partition coefficient (Wildman–Crippen LogP) is -0.0562. The fourth-order valence-corrected chi connectivity index (χ4v) is 0.211. The molecule has 0 unspecified atom stereocenters. The Balaban J connectivity index is -0.000000109. The predicted molar refractivity (Wildman–Crippen MR) is 40.1 cm³/mol. The van der Waals surface area contributed by atoms with Gasteiger partial charge in [0.2, 0.25) is 0 Å². The van der Waals surface area contributed by atoms with Crippen LogP contribution in [0.25, 0.3) is 5.32 Å². The molecule has 0 saturated heterocycles. The van der Waals surface area contributed by atoms with Crippen molar-refractivity contribution >= 4 is 0 Å². The van der Waals surface area contributed by atoms with Crippen LogP contribution in [0.15, 0.2) is 12.3 Å². The molecule has 0 rings (SSSR count). The second kappa shape index (κ2) is 22.9. The molecule has 0 aromatic rings. The summed E-state index contributed by atoms with van der Waals surface area (Å²) in [5, 5.41) is 3.91. The van der Waals surface area contributed by atoms with Gasteiger partial charge in [0.1, 0.15) is 0 Å². The topological polar surface area (TPSA) is 14.1 Å². The van der Waals surface area contributed by atoms with Gasteiger partial charge in [-0.1, -0.05) is 20.8 Å². The molecule has 0 fully saturated rings. The van der Waals surface area contributed by atoms with Crippen molar-refractivity contribution < 1.29 is 51.4 Å². The number of hydrogen-bond acceptors (Lipinski definition) is 0. The molecule has 1 nitrogen and oxygen atoms in total. The first-order valence-electron chi connectivity index (χ1n) is 3.19. The monoisotopic (exact) mass is 153 g/mol. The molecule has 9 heavy (non-hydrogen) atoms. The third-order valence-corrected chi connectivity index (χ3v) is 0.437. The van der Waals surface area contributed by atoms with Crippen molar-refractivity contribution in [2.75, 3.05) is 6.54 Å². The molecule has 0 bridgehead atoms. The largest absolute Gasteiger partial charge is 1.00 e. The average Bonchev–Trinajstić information content (AvgIpc) is 1.88. The Morgan fingerprint density at radius 3 is 1.89 bits per heavy atom. The zero-order chi connectivity index (χ0) is 6.83. The first-order chi connectivity index (χ1) is 3.91. The molecule has 0 aromatic carbocycles. The molecule has 2 heteroatoms. The maximum Gasteiger partial charge on any atom is 1.00 e. The van der Waals surface area contributed by atoms with E-state index >= 15 is 0 Å². The van der Waals surface area contributed by atoms with Crippen LogP contribution >= 0.6 is 0 Å². The van der Waals surface area contributed by atoms with Crippen LogP contribution in [0.1, 0.15) is 27.7 Å². The van der Waals surface area contributed by atoms with Gasteiger partial charge in [0.05, 0.1) is 0 Å². The van der Waals surface area contributed by atoms with Crippen molar-refractivity contribution in [3.63, 3.8) is 0 Å². The number of allylic oxidation sites excluding steroid dienone is 1. The maximum atomic E-state index is 3.91. The van der Waals surface area contributed by atoms with Gasteiger partial charge in [-0.15, -0.1) is 12.6 Å². The zero-order valence-electron chi connectivity index (χ0n) is 7.31. The van der Waals surface area contributed by atoms with Crippen molar-refractivity contribution in [3.8, 4) is 0 Å². The van der Waals surface area contributed by atoms with Gasteiger partial charge >= 0.3 is 51.4 Å². The summed E-state index contributed by atoms with van der Waals surface area (Å²) in [5.41, 5.74) is 0. The minimum Gasteiger partial charge on any atom is -0.691 e. The smallest absolute Gasteiger partial charge is 0.691 e. The first-order valence-corrected chi connectivity index (χ1v) is 3.19. The van der Waals surface area contributed by atoms with E-state index in [-0.39, 0.29) is 51.4 Å². The summed E-state index contributed by atoms with van der Waals surface area (Å²) < 4.78 is 0. The van der Waals surface area contributed by atoms with Crippen LogP contribution in [-0.2, 0) is 0 Å². The molecule has 0 radical (unpaired) electrons. The van der Waals surface area contributed by atoms with Gasteiger partial charge in [-0.3, -0.25) is 0 Å². The second-order valence-corrected chi connectivity index (χ2v) is 0.981. The Hall–Kier alpha value is 1.18. The zero-order valence-corrected chi connectivity index (χ0v) is 10.4. The van der Waals surface area contributed by atoms with Crippen LogP contribution in [0, 0.1) is 0 Å². The van der Waals surface area contributed by atoms with Crippen LogP contribution in [0.5, 0.6) is 0 Å². The second-order valence-electron chi connectivity index (χ2n) is 0.981. The van der Waals surface area contributed by atoms with Crippen LogP contribution in [0.2, 0.25) is 0 Å². The van der Waals surface area contributed by atoms with E-state index < -0.39 is 0 Å². The van der Waals surface area contributed by atoms with Crippen LogP contribution in [0.3, 0.4) is 0 Å². The Bertz CT molecular complexity index is 44.2. The van der Waals surface area contributed by atoms with Gasteiger partial charge in [-0.2, -0.15) is 6.20 Å². The molecule has 50 valence electrons. The molecular formula is C7H16KN. The minimum absolute atomic E-state index is 0. The quantitative estimate of drug-likeness (QED) is 0.494. The Morgan fingerprint density at radius 2 is 1.78 bits per heavy atom. The number of hydrogen-bond donors (Lipinski definition) is 0. The van der Waals surface area contributed by atoms with E-state index in [1.54, 1.807) is 6.20 Å². The SMILES string of the molecule is C/C=C\[N-]CC.CC.[K+]. The fourth-order valence-electron chi connectivity index (χ4n) is 0.211. The van der Waals surface area contributed by atoms with Gasteiger partial charge in [0.15, 0.2) is 0 Å². The number of rotatable bonds is 2. The third-order valence-electron chi connectivity index (χ3n) is 0.437. The number of nitrogens with zero attached hydrogens (tertiary/aromatic N) is 1. The fraction of sp³-hybridized carbons (Fsp3) is 0.714. The van der Waals surface area contributed by atoms with E-state index in [0.29, 0.717) is 0 Å². The van der Waals surface area contributed by atoms with Gasteiger partial charge in [-0.05, 0) is 6.92 Å². The standard InChI is InChI=1S/C5H10N.C2H6.K/c1-3-5-6-4-2;1-2;/h3,5H,4H2,1-2H3;1-2H3;/q-1;;+1/b5-3-;;. The van der Waals surface area contributed by atoms with Crippen LogP contribution < -0.4 is 51.4 Å². The van der Waals surface area contributed by atoms with E-state index in [1.165, 1.54) is 0 Å². The molecule has 0 aliphatic carbocycles. The Morgan fingerprint density at radius 1 is 1.33 bits per heavy atom. The molecule has 0 aromatic heterocycles. The molecule has 0 saturated carbocycles. The van der Waals surface area contributed by atoms with Gasteiger partial charge in [0.25, 0.3) is 0 Å². The van der Waals surface area contributed by atoms with Crippen molar-refractivity contribution in [1.29, 1.82) is 0 Å². The Kier molecular flexibility index (Phi) is 42.3. The van der Waals surface area contributed by atoms with Crippen LogP contribution in [-0.4, -0.2) is 6.54 Å². The molecule has 0 amide bonds. The van der Waals surface area contributed by atoms with E-state index in [4.69, 9.17) is 0 Å². The molecule has 0 atom stereocenters. The summed E-state index contributed by atoms with van der Waals surface area (Å²) in [5.74, 6) is 0.